The Kier molecular flexibility index (Phi) is 2.99. The van der Waals surface area contributed by atoms with Crippen LogP contribution in [-0.4, -0.2) is 9.97 Å². The molecule has 2 aromatic heterocycles. The fraction of sp³-hybridized carbons (Fsp3) is 0.125. The monoisotopic (exact) mass is 264 g/mol. The molecule has 0 saturated heterocycles. The van der Waals surface area contributed by atoms with E-state index in [1.54, 1.807) is 0 Å². The highest BCUT2D eigenvalue weighted by Crippen LogP contribution is 2.30. The van der Waals surface area contributed by atoms with Crippen molar-refractivity contribution < 1.29 is 0 Å². The Labute approximate surface area is 117 Å². The molecule has 0 amide bonds. The predicted octanol–water partition coefficient (Wildman–Crippen LogP) is 3.02. The van der Waals surface area contributed by atoms with Crippen molar-refractivity contribution in [2.24, 2.45) is 0 Å². The molecule has 100 valence electrons. The summed E-state index contributed by atoms with van der Waals surface area (Å²) in [5.41, 5.74) is 15.6. The van der Waals surface area contributed by atoms with Gasteiger partial charge in [-0.25, -0.2) is 9.97 Å². The van der Waals surface area contributed by atoms with Crippen molar-refractivity contribution in [2.45, 2.75) is 13.3 Å². The Morgan fingerprint density at radius 2 is 1.60 bits per heavy atom. The van der Waals surface area contributed by atoms with Gasteiger partial charge >= 0.3 is 0 Å². The van der Waals surface area contributed by atoms with Crippen molar-refractivity contribution >= 4 is 22.5 Å². The molecule has 3 rings (SSSR count). The van der Waals surface area contributed by atoms with Crippen molar-refractivity contribution in [3.05, 3.63) is 48.2 Å². The number of hydrogen-bond donors (Lipinski definition) is 2. The summed E-state index contributed by atoms with van der Waals surface area (Å²) >= 11 is 0. The maximum atomic E-state index is 5.82. The van der Waals surface area contributed by atoms with E-state index in [2.05, 4.69) is 16.9 Å². The van der Waals surface area contributed by atoms with E-state index in [0.717, 1.165) is 34.1 Å². The smallest absolute Gasteiger partial charge is 0.124 e. The Morgan fingerprint density at radius 1 is 0.850 bits per heavy atom. The number of anilines is 2. The van der Waals surface area contributed by atoms with Gasteiger partial charge in [-0.2, -0.15) is 0 Å². The van der Waals surface area contributed by atoms with Crippen LogP contribution in [0.1, 0.15) is 12.6 Å². The van der Waals surface area contributed by atoms with Crippen LogP contribution in [-0.2, 0) is 6.42 Å². The van der Waals surface area contributed by atoms with E-state index in [4.69, 9.17) is 11.5 Å². The van der Waals surface area contributed by atoms with E-state index in [0.29, 0.717) is 11.6 Å². The van der Waals surface area contributed by atoms with Crippen molar-refractivity contribution in [2.75, 3.05) is 11.5 Å². The molecule has 0 atom stereocenters. The molecule has 1 aromatic carbocycles. The first-order chi connectivity index (χ1) is 9.69. The van der Waals surface area contributed by atoms with Crippen LogP contribution >= 0.6 is 0 Å². The Bertz CT molecular complexity index is 781. The first kappa shape index (κ1) is 12.4. The molecule has 3 aromatic rings. The molecule has 0 aliphatic carbocycles. The first-order valence-electron chi connectivity index (χ1n) is 6.60. The molecule has 0 saturated carbocycles. The van der Waals surface area contributed by atoms with Gasteiger partial charge in [-0.15, -0.1) is 0 Å². The summed E-state index contributed by atoms with van der Waals surface area (Å²) in [7, 11) is 0. The SMILES string of the molecule is CCc1nc(N)ccc1-c1cccc2ccc(N)nc12. The summed E-state index contributed by atoms with van der Waals surface area (Å²) in [4.78, 5) is 8.88. The zero-order chi connectivity index (χ0) is 14.1. The highest BCUT2D eigenvalue weighted by atomic mass is 14.8. The average molecular weight is 264 g/mol. The van der Waals surface area contributed by atoms with Gasteiger partial charge in [0.2, 0.25) is 0 Å². The number of aryl methyl sites for hydroxylation is 1. The molecule has 4 N–H and O–H groups in total. The third kappa shape index (κ3) is 2.05. The molecule has 4 heteroatoms. The van der Waals surface area contributed by atoms with Gasteiger partial charge < -0.3 is 11.5 Å². The molecule has 0 fully saturated rings. The van der Waals surface area contributed by atoms with Crippen molar-refractivity contribution in [1.29, 1.82) is 0 Å². The number of nitrogens with two attached hydrogens (primary N) is 2. The summed E-state index contributed by atoms with van der Waals surface area (Å²) in [6.07, 6.45) is 0.819. The highest BCUT2D eigenvalue weighted by Gasteiger charge is 2.10. The fourth-order valence-electron chi connectivity index (χ4n) is 2.41. The number of nitrogen functional groups attached to an aromatic ring is 2. The summed E-state index contributed by atoms with van der Waals surface area (Å²) < 4.78 is 0. The molecule has 0 aliphatic rings. The van der Waals surface area contributed by atoms with Gasteiger partial charge in [0.1, 0.15) is 11.6 Å². The van der Waals surface area contributed by atoms with Crippen LogP contribution in [0.25, 0.3) is 22.0 Å². The molecule has 0 unspecified atom stereocenters. The largest absolute Gasteiger partial charge is 0.384 e. The van der Waals surface area contributed by atoms with E-state index in [1.807, 2.05) is 42.5 Å². The van der Waals surface area contributed by atoms with Gasteiger partial charge in [-0.05, 0) is 30.7 Å². The quantitative estimate of drug-likeness (QED) is 0.745. The van der Waals surface area contributed by atoms with Gasteiger partial charge in [0, 0.05) is 16.5 Å². The number of fused-ring (bicyclic) bond motifs is 1. The second-order valence-corrected chi connectivity index (χ2v) is 4.70. The highest BCUT2D eigenvalue weighted by molar-refractivity contribution is 5.95. The number of hydrogen-bond acceptors (Lipinski definition) is 4. The van der Waals surface area contributed by atoms with Crippen LogP contribution < -0.4 is 11.5 Å². The van der Waals surface area contributed by atoms with Crippen LogP contribution in [0.15, 0.2) is 42.5 Å². The van der Waals surface area contributed by atoms with E-state index < -0.39 is 0 Å². The average Bonchev–Trinajstić information content (AvgIpc) is 2.46. The van der Waals surface area contributed by atoms with E-state index in [1.165, 1.54) is 0 Å². The Hall–Kier alpha value is -2.62. The van der Waals surface area contributed by atoms with Crippen LogP contribution in [0.4, 0.5) is 11.6 Å². The third-order valence-electron chi connectivity index (χ3n) is 3.36. The minimum absolute atomic E-state index is 0.520. The normalized spacial score (nSPS) is 10.8. The van der Waals surface area contributed by atoms with Crippen LogP contribution in [0, 0.1) is 0 Å². The number of nitrogens with zero attached hydrogens (tertiary/aromatic N) is 2. The molecule has 20 heavy (non-hydrogen) atoms. The molecule has 0 spiro atoms. The first-order valence-corrected chi connectivity index (χ1v) is 6.60. The van der Waals surface area contributed by atoms with E-state index >= 15 is 0 Å². The van der Waals surface area contributed by atoms with Crippen molar-refractivity contribution in [1.82, 2.24) is 9.97 Å². The molecular formula is C16H16N4. The molecular weight excluding hydrogens is 248 g/mol. The summed E-state index contributed by atoms with van der Waals surface area (Å²) in [6.45, 7) is 2.07. The minimum atomic E-state index is 0.520. The van der Waals surface area contributed by atoms with Gasteiger partial charge in [-0.1, -0.05) is 25.1 Å². The fourth-order valence-corrected chi connectivity index (χ4v) is 2.41. The lowest BCUT2D eigenvalue weighted by Crippen LogP contribution is -1.98. The maximum Gasteiger partial charge on any atom is 0.124 e. The number of rotatable bonds is 2. The molecule has 4 nitrogen and oxygen atoms in total. The lowest BCUT2D eigenvalue weighted by Gasteiger charge is -2.11. The molecule has 0 radical (unpaired) electrons. The van der Waals surface area contributed by atoms with Crippen molar-refractivity contribution in [3.8, 4) is 11.1 Å². The summed E-state index contributed by atoms with van der Waals surface area (Å²) in [5.74, 6) is 1.06. The number of aromatic nitrogens is 2. The van der Waals surface area contributed by atoms with Crippen LogP contribution in [0.3, 0.4) is 0 Å². The van der Waals surface area contributed by atoms with Crippen molar-refractivity contribution in [3.63, 3.8) is 0 Å². The van der Waals surface area contributed by atoms with Gasteiger partial charge in [0.05, 0.1) is 11.2 Å². The number of para-hydroxylation sites is 1. The van der Waals surface area contributed by atoms with Gasteiger partial charge in [0.15, 0.2) is 0 Å². The van der Waals surface area contributed by atoms with E-state index in [9.17, 15) is 0 Å². The second kappa shape index (κ2) is 4.81. The van der Waals surface area contributed by atoms with Gasteiger partial charge in [-0.3, -0.25) is 0 Å². The lowest BCUT2D eigenvalue weighted by atomic mass is 9.99. The van der Waals surface area contributed by atoms with Crippen LogP contribution in [0.2, 0.25) is 0 Å². The number of benzene rings is 1. The maximum absolute atomic E-state index is 5.82. The lowest BCUT2D eigenvalue weighted by molar-refractivity contribution is 1.05. The second-order valence-electron chi connectivity index (χ2n) is 4.70. The third-order valence-corrected chi connectivity index (χ3v) is 3.36. The molecule has 0 aliphatic heterocycles. The van der Waals surface area contributed by atoms with Gasteiger partial charge in [0.25, 0.3) is 0 Å². The Morgan fingerprint density at radius 3 is 2.40 bits per heavy atom. The molecule has 0 bridgehead atoms. The minimum Gasteiger partial charge on any atom is -0.384 e. The summed E-state index contributed by atoms with van der Waals surface area (Å²) in [5, 5.41) is 1.07. The number of pyridine rings is 2. The van der Waals surface area contributed by atoms with E-state index in [-0.39, 0.29) is 0 Å². The topological polar surface area (TPSA) is 77.8 Å². The Balaban J connectivity index is 2.32. The summed E-state index contributed by atoms with van der Waals surface area (Å²) in [6, 6.07) is 13.7. The predicted molar refractivity (Wildman–Crippen MR) is 83.2 cm³/mol. The standard InChI is InChI=1S/C16H16N4/c1-2-13-11(7-9-14(17)19-13)12-5-3-4-10-6-8-15(18)20-16(10)12/h3-9H,2H2,1H3,(H2,17,19)(H2,18,20). The van der Waals surface area contributed by atoms with Crippen LogP contribution in [0.5, 0.6) is 0 Å². The zero-order valence-electron chi connectivity index (χ0n) is 11.3. The zero-order valence-corrected chi connectivity index (χ0v) is 11.3. The molecule has 2 heterocycles.